The number of rotatable bonds is 2. The topological polar surface area (TPSA) is 75.6 Å². The van der Waals surface area contributed by atoms with Crippen molar-refractivity contribution >= 4 is 11.8 Å². The summed E-state index contributed by atoms with van der Waals surface area (Å²) in [4.78, 5) is 8.31. The average Bonchev–Trinajstić information content (AvgIpc) is 3.09. The largest absolute Gasteiger partial charge is 0.334 e. The van der Waals surface area contributed by atoms with Crippen LogP contribution in [0.4, 0.5) is 0 Å². The smallest absolute Gasteiger partial charge is 0.258 e. The van der Waals surface area contributed by atoms with Gasteiger partial charge in [0.15, 0.2) is 5.82 Å². The second-order valence-electron chi connectivity index (χ2n) is 4.00. The molecule has 0 bridgehead atoms. The van der Waals surface area contributed by atoms with E-state index in [1.165, 1.54) is 6.42 Å². The molecule has 3 heterocycles. The van der Waals surface area contributed by atoms with Crippen molar-refractivity contribution in [2.24, 2.45) is 0 Å². The summed E-state index contributed by atoms with van der Waals surface area (Å²) in [6.45, 7) is 0. The van der Waals surface area contributed by atoms with Gasteiger partial charge in [-0.15, -0.1) is 0 Å². The minimum Gasteiger partial charge on any atom is -0.334 e. The van der Waals surface area contributed by atoms with E-state index in [1.807, 2.05) is 17.8 Å². The normalized spacial score (nSPS) is 18.7. The minimum atomic E-state index is 0.347. The lowest BCUT2D eigenvalue weighted by Crippen LogP contribution is -1.91. The first-order valence-electron chi connectivity index (χ1n) is 5.68. The van der Waals surface area contributed by atoms with Crippen LogP contribution in [0.15, 0.2) is 22.9 Å². The Morgan fingerprint density at radius 2 is 2.44 bits per heavy atom. The average molecular weight is 258 g/mol. The molecule has 0 aromatic carbocycles. The van der Waals surface area contributed by atoms with E-state index in [4.69, 9.17) is 9.78 Å². The van der Waals surface area contributed by atoms with Crippen LogP contribution in [0, 0.1) is 11.3 Å². The first kappa shape index (κ1) is 11.2. The van der Waals surface area contributed by atoms with Gasteiger partial charge in [0.05, 0.1) is 5.25 Å². The van der Waals surface area contributed by atoms with Gasteiger partial charge in [-0.1, -0.05) is 5.16 Å². The van der Waals surface area contributed by atoms with Crippen molar-refractivity contribution in [1.29, 1.82) is 5.26 Å². The molecule has 3 rings (SSSR count). The van der Waals surface area contributed by atoms with Gasteiger partial charge < -0.3 is 4.52 Å². The van der Waals surface area contributed by atoms with E-state index in [0.29, 0.717) is 16.8 Å². The number of pyridine rings is 1. The van der Waals surface area contributed by atoms with E-state index in [-0.39, 0.29) is 0 Å². The molecule has 5 nitrogen and oxygen atoms in total. The lowest BCUT2D eigenvalue weighted by molar-refractivity contribution is 0.421. The van der Waals surface area contributed by atoms with Crippen molar-refractivity contribution in [3.8, 4) is 17.5 Å². The second kappa shape index (κ2) is 4.78. The zero-order valence-corrected chi connectivity index (χ0v) is 10.4. The Hall–Kier alpha value is -1.87. The van der Waals surface area contributed by atoms with Crippen molar-refractivity contribution in [2.45, 2.75) is 18.1 Å². The Morgan fingerprint density at radius 1 is 1.50 bits per heavy atom. The summed E-state index contributed by atoms with van der Waals surface area (Å²) in [6, 6.07) is 5.41. The van der Waals surface area contributed by atoms with Gasteiger partial charge in [-0.25, -0.2) is 4.98 Å². The van der Waals surface area contributed by atoms with Crippen LogP contribution in [0.25, 0.3) is 11.5 Å². The van der Waals surface area contributed by atoms with Crippen LogP contribution >= 0.6 is 11.8 Å². The summed E-state index contributed by atoms with van der Waals surface area (Å²) in [7, 11) is 0. The number of hydrogen-bond donors (Lipinski definition) is 0. The molecule has 1 atom stereocenters. The molecule has 0 radical (unpaired) electrons. The van der Waals surface area contributed by atoms with Crippen molar-refractivity contribution in [2.75, 3.05) is 5.75 Å². The monoisotopic (exact) mass is 258 g/mol. The quantitative estimate of drug-likeness (QED) is 0.824. The van der Waals surface area contributed by atoms with Crippen LogP contribution in [0.3, 0.4) is 0 Å². The summed E-state index contributed by atoms with van der Waals surface area (Å²) in [5.74, 6) is 2.36. The summed E-state index contributed by atoms with van der Waals surface area (Å²) in [5.41, 5.74) is 1.09. The molecule has 2 aromatic heterocycles. The molecule has 1 saturated heterocycles. The van der Waals surface area contributed by atoms with Crippen LogP contribution in [0.1, 0.15) is 29.6 Å². The molecule has 1 fully saturated rings. The van der Waals surface area contributed by atoms with Gasteiger partial charge >= 0.3 is 0 Å². The van der Waals surface area contributed by atoms with Gasteiger partial charge in [0.2, 0.25) is 0 Å². The molecular weight excluding hydrogens is 248 g/mol. The van der Waals surface area contributed by atoms with Crippen LogP contribution in [-0.2, 0) is 0 Å². The fourth-order valence-electron chi connectivity index (χ4n) is 1.89. The molecule has 1 aliphatic rings. The highest BCUT2D eigenvalue weighted by molar-refractivity contribution is 7.99. The Bertz CT molecular complexity index is 598. The van der Waals surface area contributed by atoms with Gasteiger partial charge in [0.25, 0.3) is 5.89 Å². The molecule has 0 saturated carbocycles. The maximum absolute atomic E-state index is 8.80. The summed E-state index contributed by atoms with van der Waals surface area (Å²) in [6.07, 6.45) is 3.87. The van der Waals surface area contributed by atoms with Crippen molar-refractivity contribution in [3.63, 3.8) is 0 Å². The number of nitriles is 1. The van der Waals surface area contributed by atoms with Crippen molar-refractivity contribution in [1.82, 2.24) is 15.1 Å². The van der Waals surface area contributed by atoms with Gasteiger partial charge in [-0.2, -0.15) is 22.0 Å². The zero-order chi connectivity index (χ0) is 12.4. The SMILES string of the molecule is N#Cc1cc(-c2nc(C3CCCS3)no2)ccn1. The third kappa shape index (κ3) is 2.09. The van der Waals surface area contributed by atoms with Gasteiger partial charge in [0, 0.05) is 11.8 Å². The predicted octanol–water partition coefficient (Wildman–Crippen LogP) is 2.57. The van der Waals surface area contributed by atoms with E-state index in [1.54, 1.807) is 18.3 Å². The Morgan fingerprint density at radius 3 is 3.22 bits per heavy atom. The summed E-state index contributed by atoms with van der Waals surface area (Å²) >= 11 is 1.86. The number of nitrogens with zero attached hydrogens (tertiary/aromatic N) is 4. The van der Waals surface area contributed by atoms with E-state index in [2.05, 4.69) is 15.1 Å². The molecule has 0 amide bonds. The fraction of sp³-hybridized carbons (Fsp3) is 0.333. The molecule has 0 N–H and O–H groups in total. The Kier molecular flexibility index (Phi) is 2.99. The van der Waals surface area contributed by atoms with E-state index >= 15 is 0 Å². The molecule has 0 aliphatic carbocycles. The van der Waals surface area contributed by atoms with E-state index in [9.17, 15) is 0 Å². The van der Waals surface area contributed by atoms with E-state index < -0.39 is 0 Å². The number of aromatic nitrogens is 3. The fourth-order valence-corrected chi connectivity index (χ4v) is 3.08. The minimum absolute atomic E-state index is 0.347. The lowest BCUT2D eigenvalue weighted by Gasteiger charge is -1.99. The molecule has 1 aliphatic heterocycles. The van der Waals surface area contributed by atoms with Gasteiger partial charge in [-0.3, -0.25) is 0 Å². The van der Waals surface area contributed by atoms with Gasteiger partial charge in [0.1, 0.15) is 11.8 Å². The molecule has 90 valence electrons. The Balaban J connectivity index is 1.90. The highest BCUT2D eigenvalue weighted by Gasteiger charge is 2.23. The zero-order valence-electron chi connectivity index (χ0n) is 9.54. The van der Waals surface area contributed by atoms with Crippen molar-refractivity contribution in [3.05, 3.63) is 29.8 Å². The highest BCUT2D eigenvalue weighted by atomic mass is 32.2. The summed E-state index contributed by atoms with van der Waals surface area (Å²) < 4.78 is 5.25. The van der Waals surface area contributed by atoms with Crippen LogP contribution < -0.4 is 0 Å². The van der Waals surface area contributed by atoms with Crippen LogP contribution in [-0.4, -0.2) is 20.9 Å². The molecule has 0 spiro atoms. The second-order valence-corrected chi connectivity index (χ2v) is 5.31. The maximum atomic E-state index is 8.80. The molecule has 6 heteroatoms. The molecule has 18 heavy (non-hydrogen) atoms. The molecule has 2 aromatic rings. The standard InChI is InChI=1S/C12H10N4OS/c13-7-9-6-8(3-4-14-9)12-15-11(16-17-12)10-2-1-5-18-10/h3-4,6,10H,1-2,5H2. The molecule has 1 unspecified atom stereocenters. The van der Waals surface area contributed by atoms with Crippen LogP contribution in [0.2, 0.25) is 0 Å². The van der Waals surface area contributed by atoms with Gasteiger partial charge in [-0.05, 0) is 30.7 Å². The number of hydrogen-bond acceptors (Lipinski definition) is 6. The van der Waals surface area contributed by atoms with Crippen molar-refractivity contribution < 1.29 is 4.52 Å². The maximum Gasteiger partial charge on any atom is 0.258 e. The first-order chi connectivity index (χ1) is 8.86. The third-order valence-corrected chi connectivity index (χ3v) is 4.15. The first-order valence-corrected chi connectivity index (χ1v) is 6.73. The van der Waals surface area contributed by atoms with Crippen LogP contribution in [0.5, 0.6) is 0 Å². The highest BCUT2D eigenvalue weighted by Crippen LogP contribution is 2.38. The summed E-state index contributed by atoms with van der Waals surface area (Å²) in [5, 5.41) is 13.2. The number of thioether (sulfide) groups is 1. The lowest BCUT2D eigenvalue weighted by atomic mass is 10.2. The van der Waals surface area contributed by atoms with E-state index in [0.717, 1.165) is 23.6 Å². The Labute approximate surface area is 108 Å². The molecular formula is C12H10N4OS. The predicted molar refractivity (Wildman–Crippen MR) is 66.7 cm³/mol. The third-order valence-electron chi connectivity index (χ3n) is 2.78.